The highest BCUT2D eigenvalue weighted by molar-refractivity contribution is 6.60. The fraction of sp³-hybridized carbons (Fsp3) is 0.625. The Bertz CT molecular complexity index is 446. The van der Waals surface area contributed by atoms with Crippen LogP contribution in [0, 0.1) is 17.5 Å². The van der Waals surface area contributed by atoms with Crippen LogP contribution in [0.3, 0.4) is 0 Å². The van der Waals surface area contributed by atoms with Crippen LogP contribution in [0.15, 0.2) is 12.1 Å². The van der Waals surface area contributed by atoms with Crippen molar-refractivity contribution in [2.45, 2.75) is 46.1 Å². The van der Waals surface area contributed by atoms with Crippen molar-refractivity contribution in [3.05, 3.63) is 35.1 Å². The van der Waals surface area contributed by atoms with Crippen LogP contribution in [-0.4, -0.2) is 28.6 Å². The molecule has 0 fully saturated rings. The van der Waals surface area contributed by atoms with Gasteiger partial charge in [-0.2, -0.15) is 0 Å². The minimum atomic E-state index is -2.67. The van der Waals surface area contributed by atoms with Gasteiger partial charge in [0.2, 0.25) is 0 Å². The highest BCUT2D eigenvalue weighted by Gasteiger charge is 2.39. The number of hydrogen-bond acceptors (Lipinski definition) is 3. The summed E-state index contributed by atoms with van der Waals surface area (Å²) >= 11 is 0. The summed E-state index contributed by atoms with van der Waals surface area (Å²) < 4.78 is 56.5. The fourth-order valence-electron chi connectivity index (χ4n) is 2.42. The van der Waals surface area contributed by atoms with Gasteiger partial charge in [-0.15, -0.1) is 0 Å². The van der Waals surface area contributed by atoms with Crippen molar-refractivity contribution in [2.24, 2.45) is 0 Å². The molecule has 0 aromatic heterocycles. The van der Waals surface area contributed by atoms with Crippen molar-refractivity contribution in [3.63, 3.8) is 0 Å². The minimum Gasteiger partial charge on any atom is -0.374 e. The Labute approximate surface area is 137 Å². The number of rotatable bonds is 11. The summed E-state index contributed by atoms with van der Waals surface area (Å²) in [5.41, 5.74) is 0.442. The molecule has 0 heterocycles. The summed E-state index contributed by atoms with van der Waals surface area (Å²) in [5, 5.41) is 0. The molecule has 1 aromatic rings. The van der Waals surface area contributed by atoms with Gasteiger partial charge in [0.25, 0.3) is 0 Å². The van der Waals surface area contributed by atoms with Crippen molar-refractivity contribution in [1.29, 1.82) is 0 Å². The predicted octanol–water partition coefficient (Wildman–Crippen LogP) is 4.48. The molecule has 0 spiro atoms. The second-order valence-corrected chi connectivity index (χ2v) is 7.79. The second-order valence-electron chi connectivity index (χ2n) is 5.06. The van der Waals surface area contributed by atoms with Gasteiger partial charge >= 0.3 is 8.80 Å². The van der Waals surface area contributed by atoms with Crippen LogP contribution < -0.4 is 0 Å². The highest BCUT2D eigenvalue weighted by atomic mass is 28.4. The molecule has 0 aliphatic heterocycles. The highest BCUT2D eigenvalue weighted by Crippen LogP contribution is 2.21. The van der Waals surface area contributed by atoms with E-state index < -0.39 is 26.3 Å². The number of unbranched alkanes of at least 4 members (excludes halogenated alkanes) is 1. The zero-order valence-electron chi connectivity index (χ0n) is 14.0. The summed E-state index contributed by atoms with van der Waals surface area (Å²) in [6.07, 6.45) is 1.89. The van der Waals surface area contributed by atoms with E-state index in [9.17, 15) is 13.2 Å². The Morgan fingerprint density at radius 1 is 0.826 bits per heavy atom. The largest absolute Gasteiger partial charge is 0.500 e. The summed E-state index contributed by atoms with van der Waals surface area (Å²) in [6.45, 7) is 7.22. The van der Waals surface area contributed by atoms with Crippen molar-refractivity contribution in [1.82, 2.24) is 0 Å². The molecule has 0 aliphatic carbocycles. The van der Waals surface area contributed by atoms with Gasteiger partial charge in [-0.1, -0.05) is 0 Å². The summed E-state index contributed by atoms with van der Waals surface area (Å²) in [4.78, 5) is 0. The first kappa shape index (κ1) is 20.2. The Balaban J connectivity index is 2.56. The maximum absolute atomic E-state index is 13.2. The normalized spacial score (nSPS) is 11.9. The molecule has 23 heavy (non-hydrogen) atoms. The van der Waals surface area contributed by atoms with Crippen molar-refractivity contribution >= 4 is 8.80 Å². The molecule has 3 nitrogen and oxygen atoms in total. The van der Waals surface area contributed by atoms with Crippen LogP contribution in [0.25, 0.3) is 0 Å². The van der Waals surface area contributed by atoms with E-state index in [1.54, 1.807) is 0 Å². The number of aryl methyl sites for hydroxylation is 1. The van der Waals surface area contributed by atoms with Gasteiger partial charge in [0.15, 0.2) is 17.5 Å². The second kappa shape index (κ2) is 10.1. The fourth-order valence-corrected chi connectivity index (χ4v) is 5.11. The van der Waals surface area contributed by atoms with Gasteiger partial charge in [-0.05, 0) is 57.7 Å². The molecular formula is C16H25F3O3Si. The zero-order chi connectivity index (χ0) is 17.3. The third-order valence-electron chi connectivity index (χ3n) is 3.33. The molecule has 0 amide bonds. The molecule has 0 atom stereocenters. The molecule has 1 rings (SSSR count). The van der Waals surface area contributed by atoms with Gasteiger partial charge in [0.1, 0.15) is 0 Å². The molecular weight excluding hydrogens is 325 g/mol. The lowest BCUT2D eigenvalue weighted by Gasteiger charge is -2.28. The van der Waals surface area contributed by atoms with E-state index in [0.29, 0.717) is 44.3 Å². The lowest BCUT2D eigenvalue weighted by molar-refractivity contribution is 0.0707. The molecule has 0 radical (unpaired) electrons. The molecule has 7 heteroatoms. The summed E-state index contributed by atoms with van der Waals surface area (Å²) in [5.74, 6) is -3.73. The van der Waals surface area contributed by atoms with Crippen LogP contribution >= 0.6 is 0 Å². The first-order valence-electron chi connectivity index (χ1n) is 8.03. The Kier molecular flexibility index (Phi) is 8.83. The Morgan fingerprint density at radius 3 is 1.74 bits per heavy atom. The molecule has 1 aromatic carbocycles. The number of halogens is 3. The lowest BCUT2D eigenvalue weighted by Crippen LogP contribution is -2.45. The van der Waals surface area contributed by atoms with Crippen molar-refractivity contribution < 1.29 is 26.4 Å². The average molecular weight is 350 g/mol. The van der Waals surface area contributed by atoms with E-state index in [2.05, 4.69) is 0 Å². The average Bonchev–Trinajstić information content (AvgIpc) is 2.50. The Hall–Kier alpha value is -0.893. The molecule has 0 N–H and O–H groups in total. The first-order valence-corrected chi connectivity index (χ1v) is 9.96. The quantitative estimate of drug-likeness (QED) is 0.335. The lowest BCUT2D eigenvalue weighted by atomic mass is 10.1. The first-order chi connectivity index (χ1) is 11.0. The number of hydrogen-bond donors (Lipinski definition) is 0. The summed E-state index contributed by atoms with van der Waals surface area (Å²) in [6, 6.07) is 2.72. The van der Waals surface area contributed by atoms with Crippen molar-refractivity contribution in [2.75, 3.05) is 19.8 Å². The topological polar surface area (TPSA) is 27.7 Å². The van der Waals surface area contributed by atoms with E-state index in [0.717, 1.165) is 18.6 Å². The predicted molar refractivity (Wildman–Crippen MR) is 84.7 cm³/mol. The molecule has 0 saturated heterocycles. The van der Waals surface area contributed by atoms with Gasteiger partial charge in [-0.3, -0.25) is 0 Å². The molecule has 0 bridgehead atoms. The van der Waals surface area contributed by atoms with Crippen LogP contribution in [0.2, 0.25) is 6.04 Å². The van der Waals surface area contributed by atoms with Gasteiger partial charge in [-0.25, -0.2) is 13.2 Å². The van der Waals surface area contributed by atoms with Crippen LogP contribution in [-0.2, 0) is 19.7 Å². The van der Waals surface area contributed by atoms with Gasteiger partial charge in [0, 0.05) is 25.9 Å². The van der Waals surface area contributed by atoms with E-state index in [1.807, 2.05) is 20.8 Å². The van der Waals surface area contributed by atoms with Crippen LogP contribution in [0.1, 0.15) is 39.2 Å². The molecule has 0 unspecified atom stereocenters. The monoisotopic (exact) mass is 350 g/mol. The van der Waals surface area contributed by atoms with Crippen LogP contribution in [0.5, 0.6) is 0 Å². The Morgan fingerprint density at radius 2 is 1.30 bits per heavy atom. The third kappa shape index (κ3) is 6.25. The number of benzene rings is 1. The smallest absolute Gasteiger partial charge is 0.374 e. The standard InChI is InChI=1S/C16H25F3O3Si/c1-4-20-23(21-5-2,22-6-3)10-8-7-9-13-11-14(17)16(19)15(18)12-13/h11-12H,4-10H2,1-3H3. The molecule has 0 aliphatic rings. The van der Waals surface area contributed by atoms with E-state index >= 15 is 0 Å². The van der Waals surface area contributed by atoms with Crippen LogP contribution in [0.4, 0.5) is 13.2 Å². The SMILES string of the molecule is CCO[Si](CCCCc1cc(F)c(F)c(F)c1)(OCC)OCC. The van der Waals surface area contributed by atoms with Gasteiger partial charge < -0.3 is 13.3 Å². The molecule has 0 saturated carbocycles. The van der Waals surface area contributed by atoms with Crippen molar-refractivity contribution in [3.8, 4) is 0 Å². The maximum Gasteiger partial charge on any atom is 0.500 e. The minimum absolute atomic E-state index is 0.442. The third-order valence-corrected chi connectivity index (χ3v) is 6.49. The summed E-state index contributed by atoms with van der Waals surface area (Å²) in [7, 11) is -2.67. The van der Waals surface area contributed by atoms with E-state index in [4.69, 9.17) is 13.3 Å². The van der Waals surface area contributed by atoms with E-state index in [-0.39, 0.29) is 0 Å². The van der Waals surface area contributed by atoms with Gasteiger partial charge in [0.05, 0.1) is 0 Å². The zero-order valence-corrected chi connectivity index (χ0v) is 15.0. The maximum atomic E-state index is 13.2. The van der Waals surface area contributed by atoms with E-state index in [1.165, 1.54) is 0 Å². The molecule has 132 valence electrons.